The molecule has 0 bridgehead atoms. The van der Waals surface area contributed by atoms with Gasteiger partial charge in [-0.2, -0.15) is 8.42 Å². The Morgan fingerprint density at radius 1 is 1.32 bits per heavy atom. The van der Waals surface area contributed by atoms with Gasteiger partial charge >= 0.3 is 16.1 Å². The molecule has 7 nitrogen and oxygen atoms in total. The van der Waals surface area contributed by atoms with E-state index in [4.69, 9.17) is 10.5 Å². The van der Waals surface area contributed by atoms with E-state index in [1.807, 2.05) is 0 Å². The fraction of sp³-hybridized carbons (Fsp3) is 0.182. The number of imidazole rings is 1. The number of nitrogen functional groups attached to an aromatic ring is 1. The lowest BCUT2D eigenvalue weighted by molar-refractivity contribution is -0.693. The third kappa shape index (κ3) is 2.40. The molecule has 4 N–H and O–H groups in total. The fourth-order valence-electron chi connectivity index (χ4n) is 1.80. The van der Waals surface area contributed by atoms with E-state index < -0.39 is 10.1 Å². The van der Waals surface area contributed by atoms with Crippen molar-refractivity contribution < 1.29 is 22.3 Å². The topological polar surface area (TPSA) is 109 Å². The largest absolute Gasteiger partial charge is 0.497 e. The van der Waals surface area contributed by atoms with Gasteiger partial charge in [0.05, 0.1) is 14.2 Å². The van der Waals surface area contributed by atoms with Crippen LogP contribution in [0.25, 0.3) is 11.3 Å². The summed E-state index contributed by atoms with van der Waals surface area (Å²) in [6.45, 7) is 0. The smallest absolute Gasteiger partial charge is 0.354 e. The third-order valence-electron chi connectivity index (χ3n) is 2.76. The molecule has 102 valence electrons. The van der Waals surface area contributed by atoms with Gasteiger partial charge in [0.15, 0.2) is 5.69 Å². The van der Waals surface area contributed by atoms with Crippen molar-refractivity contribution in [2.75, 3.05) is 12.8 Å². The van der Waals surface area contributed by atoms with Crippen molar-refractivity contribution >= 4 is 16.1 Å². The Balaban J connectivity index is 2.65. The van der Waals surface area contributed by atoms with E-state index in [1.165, 1.54) is 18.7 Å². The molecule has 0 amide bonds. The van der Waals surface area contributed by atoms with Crippen LogP contribution in [0.4, 0.5) is 5.95 Å². The second kappa shape index (κ2) is 4.56. The molecule has 1 heterocycles. The molecule has 0 atom stereocenters. The molecule has 0 aliphatic rings. The number of anilines is 1. The molecule has 0 fully saturated rings. The van der Waals surface area contributed by atoms with Crippen molar-refractivity contribution in [3.05, 3.63) is 24.3 Å². The Bertz CT molecular complexity index is 704. The lowest BCUT2D eigenvalue weighted by Gasteiger charge is -2.01. The highest BCUT2D eigenvalue weighted by molar-refractivity contribution is 7.85. The van der Waals surface area contributed by atoms with Gasteiger partial charge in [0.1, 0.15) is 5.75 Å². The van der Waals surface area contributed by atoms with Crippen molar-refractivity contribution in [1.82, 2.24) is 4.98 Å². The van der Waals surface area contributed by atoms with Crippen LogP contribution in [0.3, 0.4) is 0 Å². The standard InChI is InChI=1S/C11H13N3O4S/c1-14-10(19(15,16)17)9(13-11(14)12)7-3-5-8(18-2)6-4-7/h3-6H,1-2H3,(H3,12,13,15,16,17)/p+1. The molecule has 0 unspecified atom stereocenters. The Labute approximate surface area is 110 Å². The molecule has 0 saturated carbocycles. The van der Waals surface area contributed by atoms with E-state index in [9.17, 15) is 13.0 Å². The van der Waals surface area contributed by atoms with Crippen LogP contribution >= 0.6 is 0 Å². The first-order chi connectivity index (χ1) is 8.84. The number of hydrogen-bond donors (Lipinski definition) is 3. The zero-order valence-electron chi connectivity index (χ0n) is 10.4. The molecule has 0 saturated heterocycles. The minimum absolute atomic E-state index is 0.124. The van der Waals surface area contributed by atoms with Gasteiger partial charge in [-0.25, -0.2) is 9.55 Å². The van der Waals surface area contributed by atoms with Crippen LogP contribution in [0.5, 0.6) is 5.75 Å². The maximum atomic E-state index is 11.4. The number of aromatic amines is 1. The predicted octanol–water partition coefficient (Wildman–Crippen LogP) is 0.344. The van der Waals surface area contributed by atoms with Gasteiger partial charge < -0.3 is 4.74 Å². The maximum absolute atomic E-state index is 11.4. The van der Waals surface area contributed by atoms with Crippen LogP contribution in [0, 0.1) is 0 Å². The molecule has 19 heavy (non-hydrogen) atoms. The lowest BCUT2D eigenvalue weighted by atomic mass is 10.1. The highest BCUT2D eigenvalue weighted by atomic mass is 32.2. The number of nitrogens with one attached hydrogen (secondary N) is 1. The van der Waals surface area contributed by atoms with Gasteiger partial charge in [-0.3, -0.25) is 10.3 Å². The van der Waals surface area contributed by atoms with Crippen LogP contribution in [0.2, 0.25) is 0 Å². The Hall–Kier alpha value is -2.06. The van der Waals surface area contributed by atoms with Gasteiger partial charge in [0, 0.05) is 5.56 Å². The van der Waals surface area contributed by atoms with Crippen LogP contribution in [0.15, 0.2) is 29.3 Å². The van der Waals surface area contributed by atoms with Gasteiger partial charge in [-0.15, -0.1) is 0 Å². The van der Waals surface area contributed by atoms with E-state index in [0.717, 1.165) is 0 Å². The first kappa shape index (κ1) is 13.4. The summed E-state index contributed by atoms with van der Waals surface area (Å²) < 4.78 is 38.3. The number of rotatable bonds is 3. The summed E-state index contributed by atoms with van der Waals surface area (Å²) in [7, 11) is -1.41. The van der Waals surface area contributed by atoms with Gasteiger partial charge in [0.25, 0.3) is 5.03 Å². The third-order valence-corrected chi connectivity index (χ3v) is 3.72. The van der Waals surface area contributed by atoms with E-state index in [1.54, 1.807) is 24.3 Å². The van der Waals surface area contributed by atoms with Crippen LogP contribution in [-0.4, -0.2) is 25.1 Å². The molecule has 2 rings (SSSR count). The van der Waals surface area contributed by atoms with Gasteiger partial charge in [-0.1, -0.05) is 0 Å². The summed E-state index contributed by atoms with van der Waals surface area (Å²) in [5.41, 5.74) is 6.44. The number of hydrogen-bond acceptors (Lipinski definition) is 4. The Kier molecular flexibility index (Phi) is 3.21. The number of nitrogens with zero attached hydrogens (tertiary/aromatic N) is 1. The average Bonchev–Trinajstić information content (AvgIpc) is 2.65. The normalized spacial score (nSPS) is 11.5. The number of nitrogens with two attached hydrogens (primary N) is 1. The molecular formula is C11H14N3O4S+. The molecule has 0 aliphatic carbocycles. The van der Waals surface area contributed by atoms with Crippen LogP contribution in [-0.2, 0) is 17.2 Å². The highest BCUT2D eigenvalue weighted by Crippen LogP contribution is 2.26. The van der Waals surface area contributed by atoms with Crippen LogP contribution < -0.4 is 15.0 Å². The molecule has 2 aromatic rings. The summed E-state index contributed by atoms with van der Waals surface area (Å²) in [6, 6.07) is 6.69. The van der Waals surface area contributed by atoms with Crippen molar-refractivity contribution in [2.45, 2.75) is 5.03 Å². The fourth-order valence-corrected chi connectivity index (χ4v) is 2.67. The molecule has 0 spiro atoms. The number of ether oxygens (including phenoxy) is 1. The lowest BCUT2D eigenvalue weighted by Crippen LogP contribution is -2.35. The second-order valence-electron chi connectivity index (χ2n) is 3.95. The summed E-state index contributed by atoms with van der Waals surface area (Å²) in [6.07, 6.45) is 0. The molecule has 1 aromatic carbocycles. The first-order valence-corrected chi connectivity index (χ1v) is 6.78. The van der Waals surface area contributed by atoms with Crippen molar-refractivity contribution in [3.8, 4) is 17.0 Å². The number of aromatic nitrogens is 2. The summed E-state index contributed by atoms with van der Waals surface area (Å²) in [4.78, 5) is 2.73. The van der Waals surface area contributed by atoms with E-state index >= 15 is 0 Å². The summed E-state index contributed by atoms with van der Waals surface area (Å²) >= 11 is 0. The summed E-state index contributed by atoms with van der Waals surface area (Å²) in [5, 5.41) is -0.282. The van der Waals surface area contributed by atoms with E-state index in [-0.39, 0.29) is 16.7 Å². The SMILES string of the molecule is COc1ccc(-c2[nH]c(N)[n+](C)c2S(=O)(=O)O)cc1. The quantitative estimate of drug-likeness (QED) is 0.556. The van der Waals surface area contributed by atoms with Gasteiger partial charge in [-0.05, 0) is 24.3 Å². The molecule has 0 radical (unpaired) electrons. The minimum Gasteiger partial charge on any atom is -0.497 e. The second-order valence-corrected chi connectivity index (χ2v) is 5.29. The van der Waals surface area contributed by atoms with Crippen LogP contribution in [0.1, 0.15) is 0 Å². The summed E-state index contributed by atoms with van der Waals surface area (Å²) in [5.74, 6) is 0.763. The zero-order chi connectivity index (χ0) is 14.2. The Morgan fingerprint density at radius 2 is 1.89 bits per heavy atom. The van der Waals surface area contributed by atoms with E-state index in [0.29, 0.717) is 11.3 Å². The number of H-pyrrole nitrogens is 1. The average molecular weight is 284 g/mol. The molecule has 1 aromatic heterocycles. The monoisotopic (exact) mass is 284 g/mol. The molecule has 0 aliphatic heterocycles. The first-order valence-electron chi connectivity index (χ1n) is 5.34. The number of methoxy groups -OCH3 is 1. The highest BCUT2D eigenvalue weighted by Gasteiger charge is 2.29. The Morgan fingerprint density at radius 3 is 2.37 bits per heavy atom. The van der Waals surface area contributed by atoms with E-state index in [2.05, 4.69) is 4.98 Å². The maximum Gasteiger partial charge on any atom is 0.354 e. The zero-order valence-corrected chi connectivity index (χ0v) is 11.2. The van der Waals surface area contributed by atoms with Crippen molar-refractivity contribution in [2.24, 2.45) is 7.05 Å². The van der Waals surface area contributed by atoms with Crippen molar-refractivity contribution in [1.29, 1.82) is 0 Å². The minimum atomic E-state index is -4.39. The van der Waals surface area contributed by atoms with Crippen molar-refractivity contribution in [3.63, 3.8) is 0 Å². The predicted molar refractivity (Wildman–Crippen MR) is 68.2 cm³/mol. The molecule has 8 heteroatoms. The van der Waals surface area contributed by atoms with Gasteiger partial charge in [0.2, 0.25) is 0 Å². The number of benzene rings is 1. The molecular weight excluding hydrogens is 270 g/mol.